The van der Waals surface area contributed by atoms with Gasteiger partial charge < -0.3 is 4.74 Å². The highest BCUT2D eigenvalue weighted by atomic mass is 16.5. The highest BCUT2D eigenvalue weighted by Gasteiger charge is 2.34. The van der Waals surface area contributed by atoms with E-state index in [1.807, 2.05) is 24.3 Å². The average molecular weight is 269 g/mol. The minimum absolute atomic E-state index is 0.0351. The normalized spacial score (nSPS) is 22.1. The molecule has 0 saturated carbocycles. The summed E-state index contributed by atoms with van der Waals surface area (Å²) in [5, 5.41) is 8.86. The van der Waals surface area contributed by atoms with Gasteiger partial charge >= 0.3 is 0 Å². The van der Waals surface area contributed by atoms with Gasteiger partial charge in [-0.2, -0.15) is 5.26 Å². The van der Waals surface area contributed by atoms with Crippen LogP contribution < -0.4 is 0 Å². The second-order valence-corrected chi connectivity index (χ2v) is 6.62. The molecule has 0 N–H and O–H groups in total. The number of hydrogen-bond acceptors (Lipinski definition) is 2. The molecule has 0 radical (unpaired) electrons. The fourth-order valence-corrected chi connectivity index (χ4v) is 2.66. The van der Waals surface area contributed by atoms with Gasteiger partial charge in [-0.05, 0) is 38.0 Å². The minimum atomic E-state index is -0.0583. The van der Waals surface area contributed by atoms with E-state index in [9.17, 15) is 0 Å². The summed E-state index contributed by atoms with van der Waals surface area (Å²) in [6.07, 6.45) is 5.66. The lowest BCUT2D eigenvalue weighted by molar-refractivity contribution is 0.0211. The summed E-state index contributed by atoms with van der Waals surface area (Å²) in [5.41, 5.74) is 1.84. The molecule has 2 heteroatoms. The van der Waals surface area contributed by atoms with Crippen LogP contribution in [0.25, 0.3) is 0 Å². The molecule has 1 atom stereocenters. The first-order valence-corrected chi connectivity index (χ1v) is 7.19. The van der Waals surface area contributed by atoms with Crippen LogP contribution >= 0.6 is 0 Å². The Morgan fingerprint density at radius 1 is 1.30 bits per heavy atom. The zero-order valence-electron chi connectivity index (χ0n) is 12.8. The van der Waals surface area contributed by atoms with Crippen molar-refractivity contribution < 1.29 is 4.74 Å². The van der Waals surface area contributed by atoms with Crippen LogP contribution in [0.4, 0.5) is 0 Å². The van der Waals surface area contributed by atoms with Crippen LogP contribution in [0.15, 0.2) is 36.4 Å². The van der Waals surface area contributed by atoms with Crippen molar-refractivity contribution in [3.63, 3.8) is 0 Å². The molecular weight excluding hydrogens is 246 g/mol. The van der Waals surface area contributed by atoms with Gasteiger partial charge in [-0.25, -0.2) is 0 Å². The first-order chi connectivity index (χ1) is 9.35. The zero-order valence-corrected chi connectivity index (χ0v) is 12.8. The van der Waals surface area contributed by atoms with Crippen LogP contribution in [0, 0.1) is 17.2 Å². The first kappa shape index (κ1) is 14.8. The van der Waals surface area contributed by atoms with Gasteiger partial charge in [0.15, 0.2) is 0 Å². The maximum absolute atomic E-state index is 8.86. The summed E-state index contributed by atoms with van der Waals surface area (Å²) in [5.74, 6) is 0.472. The number of allylic oxidation sites excluding steroid dienone is 1. The maximum atomic E-state index is 8.86. The second-order valence-electron chi connectivity index (χ2n) is 6.62. The van der Waals surface area contributed by atoms with Crippen LogP contribution in [0.3, 0.4) is 0 Å². The lowest BCUT2D eigenvalue weighted by atomic mass is 9.81. The molecule has 1 unspecified atom stereocenters. The molecule has 1 aromatic rings. The molecule has 20 heavy (non-hydrogen) atoms. The molecule has 0 bridgehead atoms. The Kier molecular flexibility index (Phi) is 4.01. The van der Waals surface area contributed by atoms with E-state index in [0.29, 0.717) is 11.5 Å². The summed E-state index contributed by atoms with van der Waals surface area (Å²) in [6.45, 7) is 9.56. The van der Waals surface area contributed by atoms with E-state index in [1.54, 1.807) is 0 Å². The second kappa shape index (κ2) is 5.42. The minimum Gasteiger partial charge on any atom is -0.375 e. The van der Waals surface area contributed by atoms with E-state index < -0.39 is 0 Å². The molecule has 0 aliphatic carbocycles. The van der Waals surface area contributed by atoms with Crippen molar-refractivity contribution in [3.05, 3.63) is 47.5 Å². The Balaban J connectivity index is 2.16. The fourth-order valence-electron chi connectivity index (χ4n) is 2.66. The van der Waals surface area contributed by atoms with E-state index >= 15 is 0 Å². The Bertz CT molecular complexity index is 532. The highest BCUT2D eigenvalue weighted by Crippen LogP contribution is 2.34. The molecule has 1 heterocycles. The molecule has 0 spiro atoms. The van der Waals surface area contributed by atoms with E-state index in [0.717, 1.165) is 13.0 Å². The Morgan fingerprint density at radius 3 is 2.45 bits per heavy atom. The Hall–Kier alpha value is -1.59. The monoisotopic (exact) mass is 269 g/mol. The molecule has 2 nitrogen and oxygen atoms in total. The van der Waals surface area contributed by atoms with Gasteiger partial charge in [0.1, 0.15) is 0 Å². The molecule has 0 aromatic heterocycles. The average Bonchev–Trinajstić information content (AvgIpc) is 2.75. The summed E-state index contributed by atoms with van der Waals surface area (Å²) >= 11 is 0. The van der Waals surface area contributed by atoms with Gasteiger partial charge in [0.05, 0.1) is 17.2 Å². The SMILES string of the molecule is CC(C)(/C=C/C1CCOC1(C)C)c1ccc(C#N)cc1. The van der Waals surface area contributed by atoms with Crippen molar-refractivity contribution >= 4 is 0 Å². The van der Waals surface area contributed by atoms with Gasteiger partial charge in [0.25, 0.3) is 0 Å². The van der Waals surface area contributed by atoms with Crippen LogP contribution in [0.1, 0.15) is 45.2 Å². The molecule has 106 valence electrons. The quantitative estimate of drug-likeness (QED) is 0.770. The smallest absolute Gasteiger partial charge is 0.0991 e. The van der Waals surface area contributed by atoms with Crippen LogP contribution in [-0.2, 0) is 10.2 Å². The standard InChI is InChI=1S/C18H23NO/c1-17(2,15-7-5-14(13-19)6-8-15)11-9-16-10-12-20-18(16,3)4/h5-9,11,16H,10,12H2,1-4H3/b11-9+. The van der Waals surface area contributed by atoms with Crippen molar-refractivity contribution in [2.24, 2.45) is 5.92 Å². The van der Waals surface area contributed by atoms with Crippen LogP contribution in [0.5, 0.6) is 0 Å². The highest BCUT2D eigenvalue weighted by molar-refractivity contribution is 5.36. The lowest BCUT2D eigenvalue weighted by Gasteiger charge is -2.26. The Morgan fingerprint density at radius 2 is 1.95 bits per heavy atom. The number of benzene rings is 1. The number of nitrogens with zero attached hydrogens (tertiary/aromatic N) is 1. The van der Waals surface area contributed by atoms with Crippen molar-refractivity contribution in [3.8, 4) is 6.07 Å². The molecule has 1 aliphatic rings. The van der Waals surface area contributed by atoms with Gasteiger partial charge in [0.2, 0.25) is 0 Å². The molecule has 1 fully saturated rings. The summed E-state index contributed by atoms with van der Waals surface area (Å²) in [4.78, 5) is 0. The molecule has 1 saturated heterocycles. The first-order valence-electron chi connectivity index (χ1n) is 7.19. The summed E-state index contributed by atoms with van der Waals surface area (Å²) in [7, 11) is 0. The molecular formula is C18H23NO. The maximum Gasteiger partial charge on any atom is 0.0991 e. The molecule has 1 aliphatic heterocycles. The Labute approximate surface area is 122 Å². The van der Waals surface area contributed by atoms with Gasteiger partial charge in [-0.15, -0.1) is 0 Å². The zero-order chi connectivity index (χ0) is 14.8. The van der Waals surface area contributed by atoms with Gasteiger partial charge in [-0.3, -0.25) is 0 Å². The number of rotatable bonds is 3. The number of nitriles is 1. The lowest BCUT2D eigenvalue weighted by Crippen LogP contribution is -2.26. The third kappa shape index (κ3) is 3.11. The third-order valence-corrected chi connectivity index (χ3v) is 4.30. The van der Waals surface area contributed by atoms with Crippen LogP contribution in [-0.4, -0.2) is 12.2 Å². The topological polar surface area (TPSA) is 33.0 Å². The molecule has 1 aromatic carbocycles. The largest absolute Gasteiger partial charge is 0.375 e. The van der Waals surface area contributed by atoms with E-state index in [-0.39, 0.29) is 11.0 Å². The van der Waals surface area contributed by atoms with Crippen molar-refractivity contribution in [1.29, 1.82) is 5.26 Å². The van der Waals surface area contributed by atoms with Crippen molar-refractivity contribution in [2.45, 2.75) is 45.1 Å². The van der Waals surface area contributed by atoms with E-state index in [4.69, 9.17) is 10.00 Å². The molecule has 2 rings (SSSR count). The summed E-state index contributed by atoms with van der Waals surface area (Å²) in [6, 6.07) is 10.0. The molecule has 0 amide bonds. The van der Waals surface area contributed by atoms with Gasteiger partial charge in [-0.1, -0.05) is 38.1 Å². The van der Waals surface area contributed by atoms with Gasteiger partial charge in [0, 0.05) is 17.9 Å². The summed E-state index contributed by atoms with van der Waals surface area (Å²) < 4.78 is 5.77. The van der Waals surface area contributed by atoms with E-state index in [2.05, 4.69) is 45.9 Å². The predicted molar refractivity (Wildman–Crippen MR) is 81.5 cm³/mol. The number of hydrogen-bond donors (Lipinski definition) is 0. The third-order valence-electron chi connectivity index (χ3n) is 4.30. The predicted octanol–water partition coefficient (Wildman–Crippen LogP) is 4.21. The van der Waals surface area contributed by atoms with Crippen molar-refractivity contribution in [1.82, 2.24) is 0 Å². The fraction of sp³-hybridized carbons (Fsp3) is 0.500. The number of ether oxygens (including phenoxy) is 1. The van der Waals surface area contributed by atoms with Crippen LogP contribution in [0.2, 0.25) is 0 Å². The van der Waals surface area contributed by atoms with Crippen molar-refractivity contribution in [2.75, 3.05) is 6.61 Å². The van der Waals surface area contributed by atoms with E-state index in [1.165, 1.54) is 5.56 Å².